The molecule has 0 aromatic heterocycles. The molecule has 2 aliphatic rings. The zero-order valence-electron chi connectivity index (χ0n) is 10.7. The molecule has 2 saturated heterocycles. The minimum atomic E-state index is 0.334. The Hall–Kier alpha value is -0.120. The molecule has 3 heteroatoms. The van der Waals surface area contributed by atoms with Crippen molar-refractivity contribution < 1.29 is 0 Å². The number of nitrogens with two attached hydrogens (primary N) is 1. The SMILES string of the molecule is CCN1CCCC(CN)(N2CCCC2)CC1. The van der Waals surface area contributed by atoms with Gasteiger partial charge in [-0.1, -0.05) is 6.92 Å². The fourth-order valence-corrected chi connectivity index (χ4v) is 3.39. The van der Waals surface area contributed by atoms with Crippen LogP contribution in [0, 0.1) is 0 Å². The van der Waals surface area contributed by atoms with E-state index in [1.807, 2.05) is 0 Å². The summed E-state index contributed by atoms with van der Waals surface area (Å²) in [5.41, 5.74) is 6.45. The van der Waals surface area contributed by atoms with E-state index >= 15 is 0 Å². The van der Waals surface area contributed by atoms with E-state index in [2.05, 4.69) is 16.7 Å². The van der Waals surface area contributed by atoms with Gasteiger partial charge in [0.15, 0.2) is 0 Å². The average Bonchev–Trinajstić information content (AvgIpc) is 2.77. The molecule has 0 radical (unpaired) electrons. The first kappa shape index (κ1) is 12.3. The van der Waals surface area contributed by atoms with E-state index in [1.165, 1.54) is 64.8 Å². The highest BCUT2D eigenvalue weighted by atomic mass is 15.2. The molecule has 94 valence electrons. The second kappa shape index (κ2) is 5.48. The van der Waals surface area contributed by atoms with Crippen molar-refractivity contribution >= 4 is 0 Å². The highest BCUT2D eigenvalue weighted by Crippen LogP contribution is 2.31. The maximum absolute atomic E-state index is 6.11. The molecule has 3 nitrogen and oxygen atoms in total. The van der Waals surface area contributed by atoms with Crippen LogP contribution < -0.4 is 5.73 Å². The van der Waals surface area contributed by atoms with Gasteiger partial charge < -0.3 is 10.6 Å². The molecule has 2 rings (SSSR count). The van der Waals surface area contributed by atoms with Gasteiger partial charge in [-0.05, 0) is 64.8 Å². The van der Waals surface area contributed by atoms with Crippen LogP contribution in [-0.4, -0.2) is 54.6 Å². The predicted octanol–water partition coefficient (Wildman–Crippen LogP) is 1.29. The lowest BCUT2D eigenvalue weighted by molar-refractivity contribution is 0.105. The molecule has 0 aliphatic carbocycles. The minimum Gasteiger partial charge on any atom is -0.329 e. The molecule has 0 amide bonds. The first-order valence-corrected chi connectivity index (χ1v) is 6.98. The lowest BCUT2D eigenvalue weighted by Crippen LogP contribution is -2.53. The van der Waals surface area contributed by atoms with Gasteiger partial charge >= 0.3 is 0 Å². The van der Waals surface area contributed by atoms with E-state index in [4.69, 9.17) is 5.73 Å². The van der Waals surface area contributed by atoms with E-state index in [9.17, 15) is 0 Å². The molecule has 0 saturated carbocycles. The molecule has 2 fully saturated rings. The van der Waals surface area contributed by atoms with Gasteiger partial charge in [0.25, 0.3) is 0 Å². The summed E-state index contributed by atoms with van der Waals surface area (Å²) < 4.78 is 0. The van der Waals surface area contributed by atoms with Crippen LogP contribution in [0.1, 0.15) is 39.0 Å². The van der Waals surface area contributed by atoms with Gasteiger partial charge in [-0.2, -0.15) is 0 Å². The summed E-state index contributed by atoms with van der Waals surface area (Å²) in [6.45, 7) is 9.39. The summed E-state index contributed by atoms with van der Waals surface area (Å²) in [6.07, 6.45) is 6.65. The van der Waals surface area contributed by atoms with Crippen LogP contribution in [0.5, 0.6) is 0 Å². The summed E-state index contributed by atoms with van der Waals surface area (Å²) in [6, 6.07) is 0. The third kappa shape index (κ3) is 2.41. The summed E-state index contributed by atoms with van der Waals surface area (Å²) in [5.74, 6) is 0. The quantitative estimate of drug-likeness (QED) is 0.785. The number of nitrogens with zero attached hydrogens (tertiary/aromatic N) is 2. The maximum atomic E-state index is 6.11. The monoisotopic (exact) mass is 225 g/mol. The molecule has 0 aromatic rings. The molecule has 16 heavy (non-hydrogen) atoms. The Morgan fingerprint density at radius 2 is 1.75 bits per heavy atom. The summed E-state index contributed by atoms with van der Waals surface area (Å²) in [4.78, 5) is 5.26. The van der Waals surface area contributed by atoms with Gasteiger partial charge in [-0.3, -0.25) is 4.90 Å². The fourth-order valence-electron chi connectivity index (χ4n) is 3.39. The van der Waals surface area contributed by atoms with Crippen molar-refractivity contribution in [2.75, 3.05) is 39.3 Å². The normalized spacial score (nSPS) is 34.1. The Morgan fingerprint density at radius 1 is 1.00 bits per heavy atom. The van der Waals surface area contributed by atoms with Gasteiger partial charge in [0.1, 0.15) is 0 Å². The Kier molecular flexibility index (Phi) is 4.22. The second-order valence-electron chi connectivity index (χ2n) is 5.41. The Labute approximate surface area is 100.0 Å². The number of rotatable bonds is 3. The van der Waals surface area contributed by atoms with Gasteiger partial charge in [0.2, 0.25) is 0 Å². The molecular formula is C13H27N3. The molecule has 0 aromatic carbocycles. The average molecular weight is 225 g/mol. The van der Waals surface area contributed by atoms with E-state index < -0.39 is 0 Å². The Morgan fingerprint density at radius 3 is 2.38 bits per heavy atom. The van der Waals surface area contributed by atoms with Crippen molar-refractivity contribution in [1.82, 2.24) is 9.80 Å². The Bertz CT molecular complexity index is 213. The van der Waals surface area contributed by atoms with Crippen molar-refractivity contribution in [3.05, 3.63) is 0 Å². The van der Waals surface area contributed by atoms with Crippen molar-refractivity contribution in [2.45, 2.75) is 44.6 Å². The van der Waals surface area contributed by atoms with E-state index in [1.54, 1.807) is 0 Å². The molecule has 0 bridgehead atoms. The maximum Gasteiger partial charge on any atom is 0.0344 e. The van der Waals surface area contributed by atoms with E-state index in [0.717, 1.165) is 6.54 Å². The summed E-state index contributed by atoms with van der Waals surface area (Å²) in [7, 11) is 0. The highest BCUT2D eigenvalue weighted by Gasteiger charge is 2.37. The first-order valence-electron chi connectivity index (χ1n) is 6.98. The second-order valence-corrected chi connectivity index (χ2v) is 5.41. The van der Waals surface area contributed by atoms with Crippen LogP contribution in [-0.2, 0) is 0 Å². The van der Waals surface area contributed by atoms with Crippen LogP contribution in [0.3, 0.4) is 0 Å². The van der Waals surface area contributed by atoms with E-state index in [-0.39, 0.29) is 0 Å². The summed E-state index contributed by atoms with van der Waals surface area (Å²) in [5, 5.41) is 0. The number of hydrogen-bond acceptors (Lipinski definition) is 3. The van der Waals surface area contributed by atoms with Gasteiger partial charge in [-0.25, -0.2) is 0 Å². The van der Waals surface area contributed by atoms with Crippen LogP contribution in [0.2, 0.25) is 0 Å². The van der Waals surface area contributed by atoms with Crippen molar-refractivity contribution in [3.63, 3.8) is 0 Å². The minimum absolute atomic E-state index is 0.334. The molecule has 1 unspecified atom stereocenters. The molecule has 2 aliphatic heterocycles. The Balaban J connectivity index is 2.02. The van der Waals surface area contributed by atoms with E-state index in [0.29, 0.717) is 5.54 Å². The molecule has 2 heterocycles. The van der Waals surface area contributed by atoms with Gasteiger partial charge in [0, 0.05) is 12.1 Å². The van der Waals surface area contributed by atoms with Crippen LogP contribution in [0.4, 0.5) is 0 Å². The third-order valence-electron chi connectivity index (χ3n) is 4.61. The predicted molar refractivity (Wildman–Crippen MR) is 68.6 cm³/mol. The third-order valence-corrected chi connectivity index (χ3v) is 4.61. The zero-order chi connectivity index (χ0) is 11.4. The first-order chi connectivity index (χ1) is 7.80. The number of likely N-dealkylation sites (tertiary alicyclic amines) is 2. The van der Waals surface area contributed by atoms with Crippen molar-refractivity contribution in [3.8, 4) is 0 Å². The highest BCUT2D eigenvalue weighted by molar-refractivity contribution is 4.96. The molecule has 2 N–H and O–H groups in total. The van der Waals surface area contributed by atoms with Gasteiger partial charge in [0.05, 0.1) is 0 Å². The lowest BCUT2D eigenvalue weighted by atomic mass is 9.89. The van der Waals surface area contributed by atoms with Crippen LogP contribution in [0.25, 0.3) is 0 Å². The van der Waals surface area contributed by atoms with Crippen molar-refractivity contribution in [2.24, 2.45) is 5.73 Å². The van der Waals surface area contributed by atoms with Gasteiger partial charge in [-0.15, -0.1) is 0 Å². The summed E-state index contributed by atoms with van der Waals surface area (Å²) >= 11 is 0. The van der Waals surface area contributed by atoms with Crippen LogP contribution in [0.15, 0.2) is 0 Å². The lowest BCUT2D eigenvalue weighted by Gasteiger charge is -2.40. The number of hydrogen-bond donors (Lipinski definition) is 1. The largest absolute Gasteiger partial charge is 0.329 e. The zero-order valence-corrected chi connectivity index (χ0v) is 10.7. The standard InChI is InChI=1S/C13H27N3/c1-2-15-8-5-6-13(12-14,7-11-15)16-9-3-4-10-16/h2-12,14H2,1H3. The van der Waals surface area contributed by atoms with Crippen LogP contribution >= 0.6 is 0 Å². The van der Waals surface area contributed by atoms with Crippen molar-refractivity contribution in [1.29, 1.82) is 0 Å². The smallest absolute Gasteiger partial charge is 0.0344 e. The molecule has 1 atom stereocenters. The topological polar surface area (TPSA) is 32.5 Å². The fraction of sp³-hybridized carbons (Fsp3) is 1.00. The molecular weight excluding hydrogens is 198 g/mol. The molecule has 0 spiro atoms.